The van der Waals surface area contributed by atoms with Gasteiger partial charge in [0.25, 0.3) is 0 Å². The summed E-state index contributed by atoms with van der Waals surface area (Å²) in [6.45, 7) is 7.24. The first-order valence-corrected chi connectivity index (χ1v) is 4.43. The Balaban J connectivity index is 2.75. The average Bonchev–Trinajstić information content (AvgIpc) is 2.32. The highest BCUT2D eigenvalue weighted by Gasteiger charge is 2.43. The van der Waals surface area contributed by atoms with Crippen molar-refractivity contribution in [1.82, 2.24) is 0 Å². The fraction of sp³-hybridized carbons (Fsp3) is 0.600. The lowest BCUT2D eigenvalue weighted by atomic mass is 9.94. The quantitative estimate of drug-likeness (QED) is 0.375. The van der Waals surface area contributed by atoms with E-state index in [0.29, 0.717) is 6.42 Å². The highest BCUT2D eigenvalue weighted by Crippen LogP contribution is 2.25. The first kappa shape index (κ1) is 9.96. The Bertz CT molecular complexity index is 243. The second-order valence-corrected chi connectivity index (χ2v) is 3.58. The minimum Gasteiger partial charge on any atom is -0.453 e. The molecule has 1 aliphatic heterocycles. The molecular formula is C10H14O3. The van der Waals surface area contributed by atoms with Gasteiger partial charge in [-0.25, -0.2) is 0 Å². The van der Waals surface area contributed by atoms with E-state index in [1.165, 1.54) is 0 Å². The minimum atomic E-state index is -0.607. The van der Waals surface area contributed by atoms with Crippen molar-refractivity contribution in [3.8, 4) is 0 Å². The van der Waals surface area contributed by atoms with Crippen molar-refractivity contribution in [3.63, 3.8) is 0 Å². The summed E-state index contributed by atoms with van der Waals surface area (Å²) >= 11 is 0. The monoisotopic (exact) mass is 182 g/mol. The molecule has 13 heavy (non-hydrogen) atoms. The number of hydrogen-bond donors (Lipinski definition) is 0. The predicted molar refractivity (Wildman–Crippen MR) is 48.0 cm³/mol. The van der Waals surface area contributed by atoms with E-state index < -0.39 is 18.0 Å². The zero-order chi connectivity index (χ0) is 10.0. The third-order valence-corrected chi connectivity index (χ3v) is 2.16. The van der Waals surface area contributed by atoms with Gasteiger partial charge in [0.2, 0.25) is 0 Å². The second-order valence-electron chi connectivity index (χ2n) is 3.58. The fourth-order valence-electron chi connectivity index (χ4n) is 1.42. The molecule has 0 radical (unpaired) electrons. The van der Waals surface area contributed by atoms with Gasteiger partial charge in [-0.1, -0.05) is 19.9 Å². The van der Waals surface area contributed by atoms with Gasteiger partial charge < -0.3 is 4.74 Å². The van der Waals surface area contributed by atoms with Crippen LogP contribution in [0.25, 0.3) is 0 Å². The molecule has 72 valence electrons. The summed E-state index contributed by atoms with van der Waals surface area (Å²) in [5.74, 6) is -1.04. The zero-order valence-electron chi connectivity index (χ0n) is 7.95. The van der Waals surface area contributed by atoms with Gasteiger partial charge in [0.05, 0.1) is 0 Å². The van der Waals surface area contributed by atoms with E-state index in [1.54, 1.807) is 6.08 Å². The lowest BCUT2D eigenvalue weighted by molar-refractivity contribution is -0.145. The van der Waals surface area contributed by atoms with Crippen LogP contribution in [0.3, 0.4) is 0 Å². The minimum absolute atomic E-state index is 0.0614. The number of carbonyl (C=O) groups excluding carboxylic acids is 2. The number of ether oxygens (including phenoxy) is 1. The number of carbonyl (C=O) groups is 2. The Hall–Kier alpha value is -1.12. The lowest BCUT2D eigenvalue weighted by Gasteiger charge is -2.10. The highest BCUT2D eigenvalue weighted by atomic mass is 16.6. The molecule has 0 aliphatic carbocycles. The Labute approximate surface area is 77.8 Å². The van der Waals surface area contributed by atoms with Crippen LogP contribution in [0, 0.1) is 11.8 Å². The number of hydrogen-bond acceptors (Lipinski definition) is 3. The Morgan fingerprint density at radius 3 is 2.54 bits per heavy atom. The zero-order valence-corrected chi connectivity index (χ0v) is 7.95. The van der Waals surface area contributed by atoms with Crippen LogP contribution in [-0.2, 0) is 14.3 Å². The summed E-state index contributed by atoms with van der Waals surface area (Å²) in [5.41, 5.74) is 0. The van der Waals surface area contributed by atoms with Gasteiger partial charge in [-0.2, -0.15) is 0 Å². The fourth-order valence-corrected chi connectivity index (χ4v) is 1.42. The third kappa shape index (κ3) is 1.79. The van der Waals surface area contributed by atoms with Gasteiger partial charge >= 0.3 is 5.97 Å². The van der Waals surface area contributed by atoms with Crippen molar-refractivity contribution in [3.05, 3.63) is 12.7 Å². The van der Waals surface area contributed by atoms with Crippen LogP contribution >= 0.6 is 0 Å². The summed E-state index contributed by atoms with van der Waals surface area (Å²) in [6, 6.07) is 0. The highest BCUT2D eigenvalue weighted by molar-refractivity contribution is 6.06. The average molecular weight is 182 g/mol. The molecule has 0 aromatic heterocycles. The van der Waals surface area contributed by atoms with Crippen LogP contribution < -0.4 is 0 Å². The van der Waals surface area contributed by atoms with Crippen LogP contribution in [0.5, 0.6) is 0 Å². The maximum atomic E-state index is 11.6. The van der Waals surface area contributed by atoms with Gasteiger partial charge in [-0.05, 0) is 12.3 Å². The van der Waals surface area contributed by atoms with Gasteiger partial charge in [0.1, 0.15) is 5.92 Å². The first-order chi connectivity index (χ1) is 6.07. The predicted octanol–water partition coefficient (Wildman–Crippen LogP) is 1.33. The maximum absolute atomic E-state index is 11.6. The van der Waals surface area contributed by atoms with Gasteiger partial charge in [-0.15, -0.1) is 6.58 Å². The van der Waals surface area contributed by atoms with E-state index in [-0.39, 0.29) is 11.7 Å². The molecular weight excluding hydrogens is 168 g/mol. The molecule has 1 heterocycles. The summed E-state index contributed by atoms with van der Waals surface area (Å²) in [5, 5.41) is 0. The van der Waals surface area contributed by atoms with Crippen LogP contribution in [0.15, 0.2) is 12.7 Å². The number of Topliss-reactive ketones (excluding diaryl/α,β-unsaturated/α-hetero) is 1. The Kier molecular flexibility index (Phi) is 2.86. The van der Waals surface area contributed by atoms with E-state index in [4.69, 9.17) is 4.74 Å². The van der Waals surface area contributed by atoms with E-state index in [1.807, 2.05) is 13.8 Å². The van der Waals surface area contributed by atoms with Crippen molar-refractivity contribution in [2.24, 2.45) is 11.8 Å². The van der Waals surface area contributed by atoms with Crippen molar-refractivity contribution >= 4 is 11.8 Å². The van der Waals surface area contributed by atoms with E-state index in [2.05, 4.69) is 6.58 Å². The molecule has 3 nitrogen and oxygen atoms in total. The largest absolute Gasteiger partial charge is 0.453 e. The second kappa shape index (κ2) is 3.73. The van der Waals surface area contributed by atoms with Crippen LogP contribution in [-0.4, -0.2) is 17.9 Å². The standard InChI is InChI=1S/C10H14O3/c1-4-5-7-8(11)9(6(2)3)13-10(7)12/h4,6-7,9H,1,5H2,2-3H3/t7-,9+/m0/s1. The molecule has 3 heteroatoms. The van der Waals surface area contributed by atoms with Crippen molar-refractivity contribution in [2.45, 2.75) is 26.4 Å². The molecule has 0 unspecified atom stereocenters. The number of ketones is 1. The molecule has 1 saturated heterocycles. The summed E-state index contributed by atoms with van der Waals surface area (Å²) in [4.78, 5) is 22.8. The van der Waals surface area contributed by atoms with E-state index in [0.717, 1.165) is 0 Å². The molecule has 1 aliphatic rings. The van der Waals surface area contributed by atoms with Gasteiger partial charge in [-0.3, -0.25) is 9.59 Å². The summed E-state index contributed by atoms with van der Waals surface area (Å²) in [7, 11) is 0. The number of rotatable bonds is 3. The van der Waals surface area contributed by atoms with Gasteiger partial charge in [0.15, 0.2) is 11.9 Å². The first-order valence-electron chi connectivity index (χ1n) is 4.43. The molecule has 0 bridgehead atoms. The molecule has 0 aromatic carbocycles. The Morgan fingerprint density at radius 1 is 1.54 bits per heavy atom. The van der Waals surface area contributed by atoms with Crippen molar-refractivity contribution in [2.75, 3.05) is 0 Å². The van der Waals surface area contributed by atoms with Gasteiger partial charge in [0, 0.05) is 0 Å². The molecule has 0 saturated carbocycles. The number of allylic oxidation sites excluding steroid dienone is 1. The number of cyclic esters (lactones) is 1. The topological polar surface area (TPSA) is 43.4 Å². The summed E-state index contributed by atoms with van der Waals surface area (Å²) < 4.78 is 4.96. The third-order valence-electron chi connectivity index (χ3n) is 2.16. The van der Waals surface area contributed by atoms with Crippen molar-refractivity contribution < 1.29 is 14.3 Å². The molecule has 1 rings (SSSR count). The normalized spacial score (nSPS) is 27.9. The smallest absolute Gasteiger partial charge is 0.317 e. The summed E-state index contributed by atoms with van der Waals surface area (Å²) in [6.07, 6.45) is 1.42. The Morgan fingerprint density at radius 2 is 2.15 bits per heavy atom. The van der Waals surface area contributed by atoms with Crippen LogP contribution in [0.2, 0.25) is 0 Å². The molecule has 0 spiro atoms. The van der Waals surface area contributed by atoms with E-state index in [9.17, 15) is 9.59 Å². The molecule has 0 aromatic rings. The van der Waals surface area contributed by atoms with Crippen LogP contribution in [0.1, 0.15) is 20.3 Å². The molecule has 2 atom stereocenters. The van der Waals surface area contributed by atoms with Crippen molar-refractivity contribution in [1.29, 1.82) is 0 Å². The van der Waals surface area contributed by atoms with E-state index >= 15 is 0 Å². The number of esters is 1. The maximum Gasteiger partial charge on any atom is 0.317 e. The lowest BCUT2D eigenvalue weighted by Crippen LogP contribution is -2.25. The SMILES string of the molecule is C=CC[C@@H]1C(=O)O[C@H](C(C)C)C1=O. The molecule has 0 amide bonds. The molecule has 0 N–H and O–H groups in total. The van der Waals surface area contributed by atoms with Crippen LogP contribution in [0.4, 0.5) is 0 Å². The molecule has 1 fully saturated rings.